The Hall–Kier alpha value is -6.71. The molecule has 0 saturated heterocycles. The van der Waals surface area contributed by atoms with Crippen LogP contribution in [0.25, 0.3) is 71.3 Å². The first-order chi connectivity index (χ1) is 26.0. The van der Waals surface area contributed by atoms with Gasteiger partial charge in [0.05, 0.1) is 11.0 Å². The summed E-state index contributed by atoms with van der Waals surface area (Å²) in [5.74, 6) is 0.896. The third-order valence-electron chi connectivity index (χ3n) is 11.6. The molecule has 0 atom stereocenters. The minimum Gasteiger partial charge on any atom is -0.309 e. The highest BCUT2D eigenvalue weighted by Crippen LogP contribution is 2.52. The summed E-state index contributed by atoms with van der Waals surface area (Å²) < 4.78 is 2.42. The van der Waals surface area contributed by atoms with Crippen LogP contribution in [-0.4, -0.2) is 9.55 Å². The zero-order valence-corrected chi connectivity index (χ0v) is 29.6. The van der Waals surface area contributed by atoms with Crippen molar-refractivity contribution in [2.24, 2.45) is 0 Å². The van der Waals surface area contributed by atoms with Crippen LogP contribution in [0.2, 0.25) is 0 Å². The lowest BCUT2D eigenvalue weighted by Gasteiger charge is -2.27. The van der Waals surface area contributed by atoms with Gasteiger partial charge >= 0.3 is 0 Å². The minimum atomic E-state index is -0.205. The SMILES string of the molecule is CC1(C)c2cc(-c3ccc4c5c3ccc3cccc(c35)n4-c3ccccc3)ccc2-c2ccc(N(c3ccc4ccccc4c3)c3ccccn3)cc21. The van der Waals surface area contributed by atoms with Crippen LogP contribution in [0.3, 0.4) is 0 Å². The van der Waals surface area contributed by atoms with Crippen LogP contribution in [0.1, 0.15) is 25.0 Å². The second-order valence-corrected chi connectivity index (χ2v) is 14.8. The Morgan fingerprint density at radius 2 is 1.17 bits per heavy atom. The molecule has 3 heteroatoms. The predicted molar refractivity (Wildman–Crippen MR) is 222 cm³/mol. The molecule has 2 aromatic heterocycles. The monoisotopic (exact) mass is 677 g/mol. The van der Waals surface area contributed by atoms with Gasteiger partial charge in [-0.25, -0.2) is 4.98 Å². The number of aromatic nitrogens is 2. The fourth-order valence-corrected chi connectivity index (χ4v) is 9.04. The van der Waals surface area contributed by atoms with Crippen LogP contribution in [-0.2, 0) is 5.41 Å². The molecule has 250 valence electrons. The summed E-state index contributed by atoms with van der Waals surface area (Å²) in [7, 11) is 0. The van der Waals surface area contributed by atoms with Gasteiger partial charge in [-0.05, 0) is 122 Å². The molecule has 11 rings (SSSR count). The maximum Gasteiger partial charge on any atom is 0.137 e. The Kier molecular flexibility index (Phi) is 6.30. The topological polar surface area (TPSA) is 21.1 Å². The van der Waals surface area contributed by atoms with Gasteiger partial charge in [-0.2, -0.15) is 0 Å². The van der Waals surface area contributed by atoms with Gasteiger partial charge in [-0.1, -0.05) is 117 Å². The van der Waals surface area contributed by atoms with E-state index in [1.165, 1.54) is 82.4 Å². The van der Waals surface area contributed by atoms with E-state index in [0.717, 1.165) is 17.2 Å². The van der Waals surface area contributed by atoms with Crippen LogP contribution in [0.15, 0.2) is 176 Å². The van der Waals surface area contributed by atoms with Gasteiger partial charge < -0.3 is 4.57 Å². The van der Waals surface area contributed by atoms with Gasteiger partial charge in [0.2, 0.25) is 0 Å². The molecule has 2 heterocycles. The first-order valence-electron chi connectivity index (χ1n) is 18.4. The number of hydrogen-bond donors (Lipinski definition) is 0. The summed E-state index contributed by atoms with van der Waals surface area (Å²) >= 11 is 0. The van der Waals surface area contributed by atoms with Gasteiger partial charge in [0.15, 0.2) is 0 Å². The zero-order valence-electron chi connectivity index (χ0n) is 29.6. The van der Waals surface area contributed by atoms with Crippen molar-refractivity contribution in [3.05, 3.63) is 187 Å². The smallest absolute Gasteiger partial charge is 0.137 e. The second-order valence-electron chi connectivity index (χ2n) is 14.8. The van der Waals surface area contributed by atoms with Crippen LogP contribution < -0.4 is 4.90 Å². The fourth-order valence-electron chi connectivity index (χ4n) is 9.04. The third-order valence-corrected chi connectivity index (χ3v) is 11.6. The number of rotatable bonds is 5. The predicted octanol–water partition coefficient (Wildman–Crippen LogP) is 13.4. The fraction of sp³-hybridized carbons (Fsp3) is 0.0600. The first kappa shape index (κ1) is 30.0. The van der Waals surface area contributed by atoms with E-state index in [0.29, 0.717) is 0 Å². The summed E-state index contributed by atoms with van der Waals surface area (Å²) in [6.45, 7) is 4.75. The molecule has 53 heavy (non-hydrogen) atoms. The Labute approximate surface area is 308 Å². The molecule has 0 N–H and O–H groups in total. The summed E-state index contributed by atoms with van der Waals surface area (Å²) in [5, 5.41) is 7.66. The Morgan fingerprint density at radius 3 is 2.02 bits per heavy atom. The number of para-hydroxylation sites is 1. The molecule has 0 saturated carbocycles. The van der Waals surface area contributed by atoms with Crippen LogP contribution in [0.4, 0.5) is 17.2 Å². The van der Waals surface area contributed by atoms with Crippen LogP contribution in [0, 0.1) is 0 Å². The van der Waals surface area contributed by atoms with Crippen LogP contribution in [0.5, 0.6) is 0 Å². The average molecular weight is 678 g/mol. The van der Waals surface area contributed by atoms with Crippen molar-refractivity contribution in [3.63, 3.8) is 0 Å². The van der Waals surface area contributed by atoms with Crippen molar-refractivity contribution in [1.82, 2.24) is 9.55 Å². The van der Waals surface area contributed by atoms with Crippen molar-refractivity contribution in [2.45, 2.75) is 19.3 Å². The number of anilines is 3. The molecular formula is C50H35N3. The number of pyridine rings is 1. The number of nitrogens with zero attached hydrogens (tertiary/aromatic N) is 3. The van der Waals surface area contributed by atoms with E-state index in [2.05, 4.69) is 187 Å². The zero-order chi connectivity index (χ0) is 35.3. The maximum atomic E-state index is 4.82. The summed E-state index contributed by atoms with van der Waals surface area (Å²) in [4.78, 5) is 7.11. The molecule has 0 amide bonds. The Balaban J connectivity index is 1.04. The van der Waals surface area contributed by atoms with Gasteiger partial charge in [0.25, 0.3) is 0 Å². The van der Waals surface area contributed by atoms with E-state index in [-0.39, 0.29) is 5.41 Å². The van der Waals surface area contributed by atoms with Crippen molar-refractivity contribution in [3.8, 4) is 27.9 Å². The largest absolute Gasteiger partial charge is 0.309 e. The van der Waals surface area contributed by atoms with E-state index in [1.54, 1.807) is 0 Å². The van der Waals surface area contributed by atoms with Gasteiger partial charge in [-0.15, -0.1) is 0 Å². The van der Waals surface area contributed by atoms with Crippen LogP contribution >= 0.6 is 0 Å². The summed E-state index contributed by atoms with van der Waals surface area (Å²) in [5.41, 5.74) is 13.5. The highest BCUT2D eigenvalue weighted by atomic mass is 15.2. The number of hydrogen-bond acceptors (Lipinski definition) is 2. The average Bonchev–Trinajstić information content (AvgIpc) is 3.66. The minimum absolute atomic E-state index is 0.205. The molecule has 0 fully saturated rings. The van der Waals surface area contributed by atoms with E-state index >= 15 is 0 Å². The van der Waals surface area contributed by atoms with Crippen molar-refractivity contribution in [1.29, 1.82) is 0 Å². The number of benzene rings is 8. The van der Waals surface area contributed by atoms with Crippen molar-refractivity contribution >= 4 is 60.5 Å². The van der Waals surface area contributed by atoms with Crippen molar-refractivity contribution in [2.75, 3.05) is 4.90 Å². The van der Waals surface area contributed by atoms with Gasteiger partial charge in [0.1, 0.15) is 5.82 Å². The summed E-state index contributed by atoms with van der Waals surface area (Å²) in [6.07, 6.45) is 1.87. The molecule has 1 aliphatic carbocycles. The molecule has 0 unspecified atom stereocenters. The Bertz CT molecular complexity index is 3030. The van der Waals surface area contributed by atoms with Gasteiger partial charge in [0, 0.05) is 39.4 Å². The van der Waals surface area contributed by atoms with E-state index < -0.39 is 0 Å². The number of fused-ring (bicyclic) bond motifs is 4. The molecule has 0 radical (unpaired) electrons. The molecule has 1 aliphatic rings. The lowest BCUT2D eigenvalue weighted by Crippen LogP contribution is -2.17. The molecular weight excluding hydrogens is 643 g/mol. The lowest BCUT2D eigenvalue weighted by atomic mass is 9.81. The quantitative estimate of drug-likeness (QED) is 0.169. The first-order valence-corrected chi connectivity index (χ1v) is 18.4. The molecule has 0 aliphatic heterocycles. The molecule has 0 bridgehead atoms. The van der Waals surface area contributed by atoms with Crippen molar-refractivity contribution < 1.29 is 0 Å². The highest BCUT2D eigenvalue weighted by Gasteiger charge is 2.36. The standard InChI is InChI=1S/C50H35N3/c1-50(2)43-30-35(39-26-27-46-49-42(39)24-19-33-13-10-16-45(48(33)49)53(46)36-14-4-3-5-15-36)20-23-40(43)41-25-22-38(31-44(41)50)52(47-17-8-9-28-51-47)37-21-18-32-11-6-7-12-34(32)29-37/h3-31H,1-2H3. The normalized spacial score (nSPS) is 13.2. The molecule has 8 aromatic carbocycles. The van der Waals surface area contributed by atoms with Gasteiger partial charge in [-0.3, -0.25) is 4.90 Å². The summed E-state index contributed by atoms with van der Waals surface area (Å²) in [6, 6.07) is 62.1. The molecule has 10 aromatic rings. The van der Waals surface area contributed by atoms with E-state index in [4.69, 9.17) is 4.98 Å². The van der Waals surface area contributed by atoms with E-state index in [1.807, 2.05) is 12.3 Å². The maximum absolute atomic E-state index is 4.82. The highest BCUT2D eigenvalue weighted by molar-refractivity contribution is 6.26. The lowest BCUT2D eigenvalue weighted by molar-refractivity contribution is 0.660. The molecule has 3 nitrogen and oxygen atoms in total. The molecule has 0 spiro atoms. The second kappa shape index (κ2) is 11.1. The third kappa shape index (κ3) is 4.37. The Morgan fingerprint density at radius 1 is 0.491 bits per heavy atom. The van der Waals surface area contributed by atoms with E-state index in [9.17, 15) is 0 Å².